The molecule has 3 aromatic rings. The van der Waals surface area contributed by atoms with Gasteiger partial charge in [-0.1, -0.05) is 60.7 Å². The molecule has 3 aromatic carbocycles. The van der Waals surface area contributed by atoms with E-state index in [-0.39, 0.29) is 11.2 Å². The lowest BCUT2D eigenvalue weighted by atomic mass is 10.1. The number of carbonyl (C=O) groups is 1. The van der Waals surface area contributed by atoms with Gasteiger partial charge in [-0.2, -0.15) is 5.26 Å². The number of thioether (sulfide) groups is 1. The third-order valence-electron chi connectivity index (χ3n) is 3.84. The summed E-state index contributed by atoms with van der Waals surface area (Å²) in [5.41, 5.74) is 2.62. The summed E-state index contributed by atoms with van der Waals surface area (Å²) in [7, 11) is 0. The van der Waals surface area contributed by atoms with Crippen LogP contribution in [0.2, 0.25) is 0 Å². The standard InChI is InChI=1S/C22H18N2OS/c23-16-15-17-11-13-19(14-12-17)24-22(25)21(18-7-3-1-4-8-18)26-20-9-5-2-6-10-20/h1-14,21H,15H2,(H,24,25)/t21-/m1/s1. The van der Waals surface area contributed by atoms with Crippen LogP contribution in [0.5, 0.6) is 0 Å². The number of carbonyl (C=O) groups excluding carboxylic acids is 1. The van der Waals surface area contributed by atoms with Crippen LogP contribution in [0.1, 0.15) is 16.4 Å². The zero-order valence-corrected chi connectivity index (χ0v) is 14.9. The second-order valence-electron chi connectivity index (χ2n) is 5.74. The summed E-state index contributed by atoms with van der Waals surface area (Å²) in [6.45, 7) is 0. The first-order valence-electron chi connectivity index (χ1n) is 8.29. The third kappa shape index (κ3) is 4.75. The Morgan fingerprint density at radius 3 is 2.15 bits per heavy atom. The zero-order chi connectivity index (χ0) is 18.2. The normalized spacial score (nSPS) is 11.3. The Labute approximate surface area is 157 Å². The van der Waals surface area contributed by atoms with Gasteiger partial charge in [-0.3, -0.25) is 4.79 Å². The van der Waals surface area contributed by atoms with Gasteiger partial charge in [0, 0.05) is 10.6 Å². The molecule has 0 aromatic heterocycles. The quantitative estimate of drug-likeness (QED) is 0.614. The van der Waals surface area contributed by atoms with Crippen molar-refractivity contribution in [3.05, 3.63) is 96.1 Å². The van der Waals surface area contributed by atoms with Crippen molar-refractivity contribution in [3.63, 3.8) is 0 Å². The average Bonchev–Trinajstić information content (AvgIpc) is 2.69. The van der Waals surface area contributed by atoms with Crippen molar-refractivity contribution in [2.45, 2.75) is 16.6 Å². The van der Waals surface area contributed by atoms with Gasteiger partial charge in [-0.15, -0.1) is 11.8 Å². The maximum Gasteiger partial charge on any atom is 0.242 e. The van der Waals surface area contributed by atoms with Crippen molar-refractivity contribution in [3.8, 4) is 6.07 Å². The van der Waals surface area contributed by atoms with Crippen LogP contribution in [0.25, 0.3) is 0 Å². The maximum absolute atomic E-state index is 12.9. The molecule has 0 unspecified atom stereocenters. The molecule has 0 aliphatic carbocycles. The first-order chi connectivity index (χ1) is 12.8. The molecular weight excluding hydrogens is 340 g/mol. The third-order valence-corrected chi connectivity index (χ3v) is 5.11. The van der Waals surface area contributed by atoms with Crippen LogP contribution in [0, 0.1) is 11.3 Å². The Morgan fingerprint density at radius 2 is 1.54 bits per heavy atom. The van der Waals surface area contributed by atoms with E-state index in [1.165, 1.54) is 11.8 Å². The van der Waals surface area contributed by atoms with Gasteiger partial charge in [0.05, 0.1) is 12.5 Å². The van der Waals surface area contributed by atoms with E-state index in [1.807, 2.05) is 84.9 Å². The first-order valence-corrected chi connectivity index (χ1v) is 9.17. The highest BCUT2D eigenvalue weighted by atomic mass is 32.2. The Bertz CT molecular complexity index is 887. The summed E-state index contributed by atoms with van der Waals surface area (Å²) in [5.74, 6) is -0.0712. The van der Waals surface area contributed by atoms with Crippen molar-refractivity contribution in [1.29, 1.82) is 5.26 Å². The van der Waals surface area contributed by atoms with Gasteiger partial charge >= 0.3 is 0 Å². The lowest BCUT2D eigenvalue weighted by Crippen LogP contribution is -2.19. The molecule has 0 saturated carbocycles. The van der Waals surface area contributed by atoms with Gasteiger partial charge in [-0.25, -0.2) is 0 Å². The number of benzene rings is 3. The van der Waals surface area contributed by atoms with Gasteiger partial charge in [0.25, 0.3) is 0 Å². The monoisotopic (exact) mass is 358 g/mol. The Morgan fingerprint density at radius 1 is 0.923 bits per heavy atom. The second kappa shape index (κ2) is 8.89. The van der Waals surface area contributed by atoms with Crippen LogP contribution in [0.4, 0.5) is 5.69 Å². The predicted octanol–water partition coefficient (Wildman–Crippen LogP) is 5.22. The fraction of sp³-hybridized carbons (Fsp3) is 0.0909. The highest BCUT2D eigenvalue weighted by Crippen LogP contribution is 2.36. The molecule has 1 N–H and O–H groups in total. The van der Waals surface area contributed by atoms with Crippen LogP contribution in [0.15, 0.2) is 89.8 Å². The number of nitrogens with one attached hydrogen (secondary N) is 1. The minimum atomic E-state index is -0.350. The van der Waals surface area contributed by atoms with E-state index >= 15 is 0 Å². The molecule has 1 atom stereocenters. The number of hydrogen-bond donors (Lipinski definition) is 1. The molecule has 0 fully saturated rings. The fourth-order valence-corrected chi connectivity index (χ4v) is 3.59. The molecule has 0 bridgehead atoms. The molecule has 26 heavy (non-hydrogen) atoms. The topological polar surface area (TPSA) is 52.9 Å². The molecule has 0 aliphatic rings. The average molecular weight is 358 g/mol. The second-order valence-corrected chi connectivity index (χ2v) is 6.92. The Kier molecular flexibility index (Phi) is 6.08. The van der Waals surface area contributed by atoms with E-state index in [2.05, 4.69) is 11.4 Å². The van der Waals surface area contributed by atoms with Crippen molar-refractivity contribution in [1.82, 2.24) is 0 Å². The van der Waals surface area contributed by atoms with Crippen LogP contribution in [0.3, 0.4) is 0 Å². The lowest BCUT2D eigenvalue weighted by Gasteiger charge is -2.17. The van der Waals surface area contributed by atoms with E-state index in [0.717, 1.165) is 21.7 Å². The molecule has 3 nitrogen and oxygen atoms in total. The molecule has 3 rings (SSSR count). The zero-order valence-electron chi connectivity index (χ0n) is 14.1. The number of nitrogens with zero attached hydrogens (tertiary/aromatic N) is 1. The van der Waals surface area contributed by atoms with E-state index < -0.39 is 0 Å². The molecular formula is C22H18N2OS. The maximum atomic E-state index is 12.9. The number of rotatable bonds is 6. The van der Waals surface area contributed by atoms with Crippen LogP contribution < -0.4 is 5.32 Å². The largest absolute Gasteiger partial charge is 0.325 e. The number of nitriles is 1. The van der Waals surface area contributed by atoms with E-state index in [9.17, 15) is 4.79 Å². The minimum absolute atomic E-state index is 0.0712. The smallest absolute Gasteiger partial charge is 0.242 e. The highest BCUT2D eigenvalue weighted by Gasteiger charge is 2.22. The number of hydrogen-bond acceptors (Lipinski definition) is 3. The van der Waals surface area contributed by atoms with Crippen LogP contribution in [-0.4, -0.2) is 5.91 Å². The molecule has 128 valence electrons. The van der Waals surface area contributed by atoms with Gasteiger partial charge in [0.15, 0.2) is 0 Å². The molecule has 4 heteroatoms. The minimum Gasteiger partial charge on any atom is -0.325 e. The summed E-state index contributed by atoms with van der Waals surface area (Å²) in [6, 6.07) is 29.2. The highest BCUT2D eigenvalue weighted by molar-refractivity contribution is 8.00. The first kappa shape index (κ1) is 17.8. The summed E-state index contributed by atoms with van der Waals surface area (Å²) < 4.78 is 0. The van der Waals surface area contributed by atoms with Crippen molar-refractivity contribution < 1.29 is 4.79 Å². The van der Waals surface area contributed by atoms with Gasteiger partial charge in [0.2, 0.25) is 5.91 Å². The predicted molar refractivity (Wildman–Crippen MR) is 106 cm³/mol. The molecule has 0 aliphatic heterocycles. The number of amides is 1. The van der Waals surface area contributed by atoms with Crippen molar-refractivity contribution in [2.75, 3.05) is 5.32 Å². The SMILES string of the molecule is N#CCc1ccc(NC(=O)[C@H](Sc2ccccc2)c2ccccc2)cc1. The van der Waals surface area contributed by atoms with Gasteiger partial charge < -0.3 is 5.32 Å². The fourth-order valence-electron chi connectivity index (χ4n) is 2.54. The molecule has 0 saturated heterocycles. The van der Waals surface area contributed by atoms with Gasteiger partial charge in [-0.05, 0) is 35.4 Å². The van der Waals surface area contributed by atoms with E-state index in [0.29, 0.717) is 6.42 Å². The number of anilines is 1. The molecule has 0 radical (unpaired) electrons. The van der Waals surface area contributed by atoms with Gasteiger partial charge in [0.1, 0.15) is 5.25 Å². The van der Waals surface area contributed by atoms with Crippen LogP contribution >= 0.6 is 11.8 Å². The summed E-state index contributed by atoms with van der Waals surface area (Å²) in [5, 5.41) is 11.4. The molecule has 1 amide bonds. The van der Waals surface area contributed by atoms with Crippen molar-refractivity contribution >= 4 is 23.4 Å². The van der Waals surface area contributed by atoms with Crippen LogP contribution in [-0.2, 0) is 11.2 Å². The summed E-state index contributed by atoms with van der Waals surface area (Å²) in [4.78, 5) is 14.0. The van der Waals surface area contributed by atoms with Crippen molar-refractivity contribution in [2.24, 2.45) is 0 Å². The molecule has 0 spiro atoms. The Hall–Kier alpha value is -3.03. The lowest BCUT2D eigenvalue weighted by molar-refractivity contribution is -0.115. The van der Waals surface area contributed by atoms with E-state index in [1.54, 1.807) is 0 Å². The van der Waals surface area contributed by atoms with E-state index in [4.69, 9.17) is 5.26 Å². The summed E-state index contributed by atoms with van der Waals surface area (Å²) >= 11 is 1.53. The molecule has 0 heterocycles. The Balaban J connectivity index is 1.79. The summed E-state index contributed by atoms with van der Waals surface area (Å²) in [6.07, 6.45) is 0.366.